The lowest BCUT2D eigenvalue weighted by atomic mass is 10.2. The van der Waals surface area contributed by atoms with E-state index in [-0.39, 0.29) is 10.1 Å². The Kier molecular flexibility index (Phi) is 8.60. The molecule has 37 heavy (non-hydrogen) atoms. The lowest BCUT2D eigenvalue weighted by Crippen LogP contribution is -1.98. The molecule has 0 bridgehead atoms. The lowest BCUT2D eigenvalue weighted by Gasteiger charge is -2.08. The molecular formula is C26H21Cl2N3O5S. The van der Waals surface area contributed by atoms with Crippen molar-refractivity contribution in [2.45, 2.75) is 11.8 Å². The number of aliphatic carboxylic acids is 1. The molecule has 11 heteroatoms. The van der Waals surface area contributed by atoms with Gasteiger partial charge in [0.25, 0.3) is 0 Å². The molecule has 4 aromatic rings. The van der Waals surface area contributed by atoms with Crippen LogP contribution in [0.25, 0.3) is 17.5 Å². The number of rotatable bonds is 10. The minimum absolute atomic E-state index is 0.0539. The molecule has 0 saturated heterocycles. The molecule has 0 radical (unpaired) electrons. The molecule has 190 valence electrons. The first-order valence-corrected chi connectivity index (χ1v) is 12.4. The number of hydrogen-bond donors (Lipinski definition) is 2. The van der Waals surface area contributed by atoms with Crippen LogP contribution >= 0.6 is 35.0 Å². The van der Waals surface area contributed by atoms with E-state index in [1.165, 1.54) is 0 Å². The first kappa shape index (κ1) is 26.4. The molecule has 1 aromatic heterocycles. The Bertz CT molecular complexity index is 1420. The van der Waals surface area contributed by atoms with E-state index < -0.39 is 5.97 Å². The highest BCUT2D eigenvalue weighted by atomic mass is 35.5. The zero-order valence-corrected chi connectivity index (χ0v) is 22.0. The minimum Gasteiger partial charge on any atom is -0.497 e. The molecule has 0 spiro atoms. The zero-order chi connectivity index (χ0) is 26.4. The number of benzene rings is 3. The van der Waals surface area contributed by atoms with Crippen LogP contribution in [0.3, 0.4) is 0 Å². The van der Waals surface area contributed by atoms with Crippen LogP contribution in [-0.2, 0) is 11.4 Å². The second-order valence-corrected chi connectivity index (χ2v) is 9.41. The minimum atomic E-state index is -1.10. The first-order valence-electron chi connectivity index (χ1n) is 10.8. The van der Waals surface area contributed by atoms with Crippen molar-refractivity contribution in [3.05, 3.63) is 86.7 Å². The predicted molar refractivity (Wildman–Crippen MR) is 144 cm³/mol. The number of carboxylic acids is 1. The third-order valence-electron chi connectivity index (χ3n) is 5.07. The largest absolute Gasteiger partial charge is 0.497 e. The van der Waals surface area contributed by atoms with Gasteiger partial charge in [-0.1, -0.05) is 41.4 Å². The highest BCUT2D eigenvalue weighted by molar-refractivity contribution is 8.04. The standard InChI is InChI=1S/C26H21Cl2N3O5S/c1-34-19-11-17(12-20(13-19)35-2)24-29-26(31-30-24)37-23(25(32)33)10-15-3-6-18(7-4-15)36-14-16-5-8-21(27)22(28)9-16/h3-13H,14H2,1-2H3,(H,32,33)(H,29,30,31)/b23-10-. The topological polar surface area (TPSA) is 107 Å². The van der Waals surface area contributed by atoms with Crippen LogP contribution in [-0.4, -0.2) is 40.5 Å². The summed E-state index contributed by atoms with van der Waals surface area (Å²) in [6.07, 6.45) is 1.54. The van der Waals surface area contributed by atoms with Gasteiger partial charge in [-0.05, 0) is 65.4 Å². The number of aromatic amines is 1. The molecule has 3 aromatic carbocycles. The summed E-state index contributed by atoms with van der Waals surface area (Å²) in [5.74, 6) is 1.17. The SMILES string of the molecule is COc1cc(OC)cc(-c2nc(S/C(=C\c3ccc(OCc4ccc(Cl)c(Cl)c4)cc3)C(=O)O)n[nH]2)c1. The lowest BCUT2D eigenvalue weighted by molar-refractivity contribution is -0.131. The Hall–Kier alpha value is -3.66. The normalized spacial score (nSPS) is 11.3. The fraction of sp³-hybridized carbons (Fsp3) is 0.115. The Morgan fingerprint density at radius 3 is 2.30 bits per heavy atom. The summed E-state index contributed by atoms with van der Waals surface area (Å²) in [6.45, 7) is 0.314. The van der Waals surface area contributed by atoms with E-state index in [1.807, 2.05) is 6.07 Å². The molecule has 0 aliphatic carbocycles. The van der Waals surface area contributed by atoms with Gasteiger partial charge in [0.15, 0.2) is 5.82 Å². The number of hydrogen-bond acceptors (Lipinski definition) is 7. The van der Waals surface area contributed by atoms with Crippen molar-refractivity contribution < 1.29 is 24.1 Å². The number of ether oxygens (including phenoxy) is 3. The molecule has 0 atom stereocenters. The van der Waals surface area contributed by atoms with E-state index >= 15 is 0 Å². The first-order chi connectivity index (χ1) is 17.8. The molecular weight excluding hydrogens is 537 g/mol. The summed E-state index contributed by atoms with van der Waals surface area (Å²) in [5.41, 5.74) is 2.24. The predicted octanol–water partition coefficient (Wildman–Crippen LogP) is 6.59. The average Bonchev–Trinajstić information content (AvgIpc) is 3.38. The van der Waals surface area contributed by atoms with Crippen LogP contribution in [0.1, 0.15) is 11.1 Å². The van der Waals surface area contributed by atoms with Crippen molar-refractivity contribution in [2.24, 2.45) is 0 Å². The van der Waals surface area contributed by atoms with Crippen molar-refractivity contribution in [1.82, 2.24) is 15.2 Å². The van der Waals surface area contributed by atoms with Crippen molar-refractivity contribution in [3.8, 4) is 28.6 Å². The van der Waals surface area contributed by atoms with Crippen molar-refractivity contribution >= 4 is 47.0 Å². The Morgan fingerprint density at radius 1 is 0.973 bits per heavy atom. The molecule has 0 aliphatic heterocycles. The van der Waals surface area contributed by atoms with E-state index in [9.17, 15) is 9.90 Å². The molecule has 0 amide bonds. The summed E-state index contributed by atoms with van der Waals surface area (Å²) in [4.78, 5) is 16.4. The Morgan fingerprint density at radius 2 is 1.68 bits per heavy atom. The fourth-order valence-electron chi connectivity index (χ4n) is 3.21. The maximum absolute atomic E-state index is 11.9. The van der Waals surface area contributed by atoms with Gasteiger partial charge in [-0.2, -0.15) is 0 Å². The van der Waals surface area contributed by atoms with Crippen LogP contribution in [0.2, 0.25) is 10.0 Å². The maximum Gasteiger partial charge on any atom is 0.342 e. The van der Waals surface area contributed by atoms with Crippen LogP contribution in [0.5, 0.6) is 17.2 Å². The van der Waals surface area contributed by atoms with Gasteiger partial charge < -0.3 is 19.3 Å². The summed E-state index contributed by atoms with van der Waals surface area (Å²) < 4.78 is 16.4. The molecule has 8 nitrogen and oxygen atoms in total. The summed E-state index contributed by atoms with van der Waals surface area (Å²) in [6, 6.07) is 17.6. The van der Waals surface area contributed by atoms with Crippen molar-refractivity contribution in [3.63, 3.8) is 0 Å². The molecule has 0 saturated carbocycles. The van der Waals surface area contributed by atoms with Crippen LogP contribution < -0.4 is 14.2 Å². The Balaban J connectivity index is 1.45. The molecule has 0 aliphatic rings. The van der Waals surface area contributed by atoms with Crippen LogP contribution in [0.4, 0.5) is 0 Å². The molecule has 4 rings (SSSR count). The third kappa shape index (κ3) is 6.97. The van der Waals surface area contributed by atoms with E-state index in [4.69, 9.17) is 37.4 Å². The number of halogens is 2. The maximum atomic E-state index is 11.9. The Labute approximate surface area is 227 Å². The van der Waals surface area contributed by atoms with Gasteiger partial charge >= 0.3 is 5.97 Å². The monoisotopic (exact) mass is 557 g/mol. The fourth-order valence-corrected chi connectivity index (χ4v) is 4.23. The number of nitrogens with zero attached hydrogens (tertiary/aromatic N) is 2. The molecule has 2 N–H and O–H groups in total. The number of thioether (sulfide) groups is 1. The van der Waals surface area contributed by atoms with Gasteiger partial charge in [-0.3, -0.25) is 5.10 Å². The van der Waals surface area contributed by atoms with E-state index in [0.717, 1.165) is 17.3 Å². The highest BCUT2D eigenvalue weighted by Gasteiger charge is 2.15. The number of methoxy groups -OCH3 is 2. The third-order valence-corrected chi connectivity index (χ3v) is 6.69. The summed E-state index contributed by atoms with van der Waals surface area (Å²) >= 11 is 12.9. The molecule has 0 fully saturated rings. The number of nitrogens with one attached hydrogen (secondary N) is 1. The van der Waals surface area contributed by atoms with Crippen molar-refractivity contribution in [1.29, 1.82) is 0 Å². The van der Waals surface area contributed by atoms with E-state index in [2.05, 4.69) is 15.2 Å². The van der Waals surface area contributed by atoms with Gasteiger partial charge in [0.05, 0.1) is 24.3 Å². The molecule has 0 unspecified atom stereocenters. The highest BCUT2D eigenvalue weighted by Crippen LogP contribution is 2.31. The van der Waals surface area contributed by atoms with Gasteiger partial charge in [0, 0.05) is 11.6 Å². The van der Waals surface area contributed by atoms with Crippen LogP contribution in [0.15, 0.2) is 70.7 Å². The second kappa shape index (κ2) is 12.1. The van der Waals surface area contributed by atoms with Crippen LogP contribution in [0, 0.1) is 0 Å². The van der Waals surface area contributed by atoms with Gasteiger partial charge in [0.1, 0.15) is 28.8 Å². The average molecular weight is 558 g/mol. The van der Waals surface area contributed by atoms with Gasteiger partial charge in [0.2, 0.25) is 5.16 Å². The number of carboxylic acid groups (broad SMARTS) is 1. The van der Waals surface area contributed by atoms with Gasteiger partial charge in [-0.25, -0.2) is 9.78 Å². The smallest absolute Gasteiger partial charge is 0.342 e. The zero-order valence-electron chi connectivity index (χ0n) is 19.7. The number of carbonyl (C=O) groups is 1. The summed E-state index contributed by atoms with van der Waals surface area (Å²) in [7, 11) is 3.11. The second-order valence-electron chi connectivity index (χ2n) is 7.59. The number of aromatic nitrogens is 3. The van der Waals surface area contributed by atoms with Gasteiger partial charge in [-0.15, -0.1) is 5.10 Å². The van der Waals surface area contributed by atoms with E-state index in [1.54, 1.807) is 74.9 Å². The quantitative estimate of drug-likeness (QED) is 0.166. The summed E-state index contributed by atoms with van der Waals surface area (Å²) in [5, 5.41) is 17.9. The van der Waals surface area contributed by atoms with Crippen molar-refractivity contribution in [2.75, 3.05) is 14.2 Å². The van der Waals surface area contributed by atoms with E-state index in [0.29, 0.717) is 50.9 Å². The number of H-pyrrole nitrogens is 1. The molecule has 1 heterocycles.